The highest BCUT2D eigenvalue weighted by atomic mass is 16.3. The van der Waals surface area contributed by atoms with E-state index in [0.29, 0.717) is 6.42 Å². The van der Waals surface area contributed by atoms with Crippen molar-refractivity contribution in [1.29, 1.82) is 0 Å². The molecular weight excluding hydrogens is 602 g/mol. The number of amides is 1. The first-order valence-electron chi connectivity index (χ1n) is 21.0. The number of hydrogen-bond donors (Lipinski definition) is 3. The SMILES string of the molecule is CCCCCCC/C=C\C/C=C\C/C=C\CCCCCCCCCCCCC(=O)NC(CO)C(O)/C=C/CC/C=C/CCCCCCCC. The fourth-order valence-corrected chi connectivity index (χ4v) is 5.96. The molecule has 0 aromatic carbocycles. The largest absolute Gasteiger partial charge is 0.394 e. The van der Waals surface area contributed by atoms with E-state index in [0.717, 1.165) is 44.9 Å². The molecule has 49 heavy (non-hydrogen) atoms. The Morgan fingerprint density at radius 1 is 0.490 bits per heavy atom. The van der Waals surface area contributed by atoms with E-state index in [1.54, 1.807) is 6.08 Å². The molecule has 0 aliphatic rings. The van der Waals surface area contributed by atoms with Crippen LogP contribution in [0.4, 0.5) is 0 Å². The number of unbranched alkanes of at least 4 members (excludes halogenated alkanes) is 22. The van der Waals surface area contributed by atoms with E-state index in [9.17, 15) is 15.0 Å². The summed E-state index contributed by atoms with van der Waals surface area (Å²) in [5.41, 5.74) is 0. The van der Waals surface area contributed by atoms with Crippen LogP contribution in [-0.2, 0) is 4.79 Å². The Kier molecular flexibility index (Phi) is 38.9. The second kappa shape index (κ2) is 40.5. The molecule has 4 nitrogen and oxygen atoms in total. The number of aliphatic hydroxyl groups excluding tert-OH is 2. The molecule has 1 amide bonds. The van der Waals surface area contributed by atoms with E-state index in [2.05, 4.69) is 67.8 Å². The molecule has 0 aromatic rings. The molecule has 0 radical (unpaired) electrons. The fourth-order valence-electron chi connectivity index (χ4n) is 5.96. The van der Waals surface area contributed by atoms with Gasteiger partial charge in [0.2, 0.25) is 5.91 Å². The number of aliphatic hydroxyl groups is 2. The monoisotopic (exact) mass is 684 g/mol. The minimum Gasteiger partial charge on any atom is -0.394 e. The summed E-state index contributed by atoms with van der Waals surface area (Å²) < 4.78 is 0. The van der Waals surface area contributed by atoms with E-state index in [1.165, 1.54) is 135 Å². The minimum absolute atomic E-state index is 0.0815. The Labute approximate surface area is 305 Å². The number of carbonyl (C=O) groups excluding carboxylic acids is 1. The average molecular weight is 684 g/mol. The highest BCUT2D eigenvalue weighted by Gasteiger charge is 2.17. The van der Waals surface area contributed by atoms with Gasteiger partial charge >= 0.3 is 0 Å². The highest BCUT2D eigenvalue weighted by Crippen LogP contribution is 2.13. The lowest BCUT2D eigenvalue weighted by atomic mass is 10.0. The summed E-state index contributed by atoms with van der Waals surface area (Å²) >= 11 is 0. The van der Waals surface area contributed by atoms with Gasteiger partial charge in [-0.2, -0.15) is 0 Å². The summed E-state index contributed by atoms with van der Waals surface area (Å²) in [5, 5.41) is 22.9. The molecule has 0 aromatic heterocycles. The Balaban J connectivity index is 3.61. The van der Waals surface area contributed by atoms with Crippen molar-refractivity contribution in [3.63, 3.8) is 0 Å². The van der Waals surface area contributed by atoms with Gasteiger partial charge in [-0.05, 0) is 70.6 Å². The van der Waals surface area contributed by atoms with Crippen LogP contribution in [0.2, 0.25) is 0 Å². The molecule has 2 atom stereocenters. The van der Waals surface area contributed by atoms with Gasteiger partial charge in [0.15, 0.2) is 0 Å². The normalized spacial score (nSPS) is 13.6. The molecule has 0 aliphatic carbocycles. The average Bonchev–Trinajstić information content (AvgIpc) is 3.10. The zero-order valence-corrected chi connectivity index (χ0v) is 32.4. The number of nitrogens with one attached hydrogen (secondary N) is 1. The molecule has 3 N–H and O–H groups in total. The van der Waals surface area contributed by atoms with Crippen molar-refractivity contribution in [3.8, 4) is 0 Å². The maximum absolute atomic E-state index is 12.3. The molecular formula is C45H81NO3. The lowest BCUT2D eigenvalue weighted by molar-refractivity contribution is -0.123. The Morgan fingerprint density at radius 2 is 0.857 bits per heavy atom. The van der Waals surface area contributed by atoms with Gasteiger partial charge in [0.25, 0.3) is 0 Å². The molecule has 0 fully saturated rings. The molecule has 0 saturated heterocycles. The van der Waals surface area contributed by atoms with Gasteiger partial charge in [-0.1, -0.05) is 184 Å². The summed E-state index contributed by atoms with van der Waals surface area (Å²) in [7, 11) is 0. The van der Waals surface area contributed by atoms with E-state index in [4.69, 9.17) is 0 Å². The molecule has 4 heteroatoms. The number of hydrogen-bond acceptors (Lipinski definition) is 3. The number of rotatable bonds is 37. The molecule has 2 unspecified atom stereocenters. The van der Waals surface area contributed by atoms with E-state index < -0.39 is 12.1 Å². The van der Waals surface area contributed by atoms with E-state index >= 15 is 0 Å². The first-order chi connectivity index (χ1) is 24.2. The van der Waals surface area contributed by atoms with Crippen molar-refractivity contribution in [2.45, 2.75) is 212 Å². The van der Waals surface area contributed by atoms with Crippen molar-refractivity contribution in [3.05, 3.63) is 60.8 Å². The van der Waals surface area contributed by atoms with Gasteiger partial charge < -0.3 is 15.5 Å². The van der Waals surface area contributed by atoms with Crippen LogP contribution in [0.25, 0.3) is 0 Å². The third-order valence-corrected chi connectivity index (χ3v) is 9.22. The maximum Gasteiger partial charge on any atom is 0.220 e. The van der Waals surface area contributed by atoms with Crippen LogP contribution in [0.15, 0.2) is 60.8 Å². The van der Waals surface area contributed by atoms with Crippen LogP contribution in [0.3, 0.4) is 0 Å². The first kappa shape index (κ1) is 47.1. The van der Waals surface area contributed by atoms with Gasteiger partial charge in [0.1, 0.15) is 0 Å². The van der Waals surface area contributed by atoms with Gasteiger partial charge in [-0.3, -0.25) is 4.79 Å². The first-order valence-corrected chi connectivity index (χ1v) is 21.0. The standard InChI is InChI=1S/C45H81NO3/c1-3-5-7-9-11-13-15-17-18-19-20-21-22-23-24-25-26-27-28-29-31-33-35-37-39-41-45(49)46-43(42-47)44(48)40-38-36-34-32-30-16-14-12-10-8-6-4-2/h15,17,19-20,22-23,30,32,38,40,43-44,47-48H,3-14,16,18,21,24-29,31,33-37,39,41-42H2,1-2H3,(H,46,49)/b17-15-,20-19-,23-22-,32-30+,40-38+. The van der Waals surface area contributed by atoms with E-state index in [-0.39, 0.29) is 12.5 Å². The summed E-state index contributed by atoms with van der Waals surface area (Å²) in [6, 6.07) is -0.641. The molecule has 0 spiro atoms. The number of allylic oxidation sites excluding steroid dienone is 9. The highest BCUT2D eigenvalue weighted by molar-refractivity contribution is 5.76. The summed E-state index contributed by atoms with van der Waals surface area (Å²) in [6.07, 6.45) is 56.1. The Morgan fingerprint density at radius 3 is 1.33 bits per heavy atom. The predicted octanol–water partition coefficient (Wildman–Crippen LogP) is 13.0. The molecule has 0 heterocycles. The topological polar surface area (TPSA) is 69.6 Å². The minimum atomic E-state index is -0.864. The quantitative estimate of drug-likeness (QED) is 0.0451. The molecule has 284 valence electrons. The van der Waals surface area contributed by atoms with Gasteiger partial charge in [0.05, 0.1) is 18.8 Å². The zero-order chi connectivity index (χ0) is 35.7. The van der Waals surface area contributed by atoms with Crippen LogP contribution >= 0.6 is 0 Å². The smallest absolute Gasteiger partial charge is 0.220 e. The second-order valence-corrected chi connectivity index (χ2v) is 14.0. The molecule has 0 aliphatic heterocycles. The molecule has 0 bridgehead atoms. The van der Waals surface area contributed by atoms with Crippen molar-refractivity contribution in [2.24, 2.45) is 0 Å². The summed E-state index contributed by atoms with van der Waals surface area (Å²) in [5.74, 6) is -0.0815. The fraction of sp³-hybridized carbons (Fsp3) is 0.756. The second-order valence-electron chi connectivity index (χ2n) is 14.0. The van der Waals surface area contributed by atoms with Gasteiger partial charge in [0, 0.05) is 6.42 Å². The van der Waals surface area contributed by atoms with Gasteiger partial charge in [-0.15, -0.1) is 0 Å². The van der Waals surface area contributed by atoms with Crippen molar-refractivity contribution in [1.82, 2.24) is 5.32 Å². The van der Waals surface area contributed by atoms with Crippen molar-refractivity contribution < 1.29 is 15.0 Å². The maximum atomic E-state index is 12.3. The lowest BCUT2D eigenvalue weighted by Gasteiger charge is -2.19. The van der Waals surface area contributed by atoms with E-state index in [1.807, 2.05) is 6.08 Å². The van der Waals surface area contributed by atoms with Crippen LogP contribution in [0, 0.1) is 0 Å². The third kappa shape index (κ3) is 37.2. The van der Waals surface area contributed by atoms with Crippen molar-refractivity contribution in [2.75, 3.05) is 6.61 Å². The zero-order valence-electron chi connectivity index (χ0n) is 32.4. The lowest BCUT2D eigenvalue weighted by Crippen LogP contribution is -2.45. The van der Waals surface area contributed by atoms with Crippen LogP contribution in [0.1, 0.15) is 200 Å². The third-order valence-electron chi connectivity index (χ3n) is 9.22. The Bertz CT molecular complexity index is 827. The van der Waals surface area contributed by atoms with Gasteiger partial charge in [-0.25, -0.2) is 0 Å². The summed E-state index contributed by atoms with van der Waals surface area (Å²) in [6.45, 7) is 4.26. The molecule has 0 rings (SSSR count). The van der Waals surface area contributed by atoms with Crippen LogP contribution in [-0.4, -0.2) is 34.9 Å². The van der Waals surface area contributed by atoms with Crippen LogP contribution in [0.5, 0.6) is 0 Å². The van der Waals surface area contributed by atoms with Crippen molar-refractivity contribution >= 4 is 5.91 Å². The Hall–Kier alpha value is -1.91. The molecule has 0 saturated carbocycles. The number of carbonyl (C=O) groups is 1. The summed E-state index contributed by atoms with van der Waals surface area (Å²) in [4.78, 5) is 12.3. The van der Waals surface area contributed by atoms with Crippen LogP contribution < -0.4 is 5.32 Å². The predicted molar refractivity (Wildman–Crippen MR) is 216 cm³/mol.